The van der Waals surface area contributed by atoms with Gasteiger partial charge in [0.05, 0.1) is 6.42 Å². The van der Waals surface area contributed by atoms with Crippen molar-refractivity contribution in [2.24, 2.45) is 5.73 Å². The summed E-state index contributed by atoms with van der Waals surface area (Å²) < 4.78 is 13.1. The van der Waals surface area contributed by atoms with Crippen LogP contribution in [0.25, 0.3) is 0 Å². The van der Waals surface area contributed by atoms with Gasteiger partial charge in [-0.3, -0.25) is 9.59 Å². The summed E-state index contributed by atoms with van der Waals surface area (Å²) in [6.07, 6.45) is 2.03. The molecule has 0 aliphatic carbocycles. The third kappa shape index (κ3) is 5.83. The van der Waals surface area contributed by atoms with Crippen molar-refractivity contribution in [3.63, 3.8) is 0 Å². The second-order valence-electron chi connectivity index (χ2n) is 5.71. The first-order valence-electron chi connectivity index (χ1n) is 7.91. The molecule has 0 aromatic heterocycles. The van der Waals surface area contributed by atoms with E-state index in [1.54, 1.807) is 12.1 Å². The SMILES string of the molecule is NC(=O)[C@H](CCCc1ccccc1)NC(=O)Cc1cccc(F)c1. The van der Waals surface area contributed by atoms with Crippen LogP contribution in [0.15, 0.2) is 54.6 Å². The molecule has 2 aromatic rings. The molecular weight excluding hydrogens is 307 g/mol. The van der Waals surface area contributed by atoms with Crippen LogP contribution in [0.4, 0.5) is 4.39 Å². The summed E-state index contributed by atoms with van der Waals surface area (Å²) in [5, 5.41) is 2.63. The van der Waals surface area contributed by atoms with E-state index >= 15 is 0 Å². The summed E-state index contributed by atoms with van der Waals surface area (Å²) in [4.78, 5) is 23.6. The average Bonchev–Trinajstić information content (AvgIpc) is 2.54. The normalized spacial score (nSPS) is 11.7. The molecule has 2 amide bonds. The van der Waals surface area contributed by atoms with Crippen molar-refractivity contribution in [2.75, 3.05) is 0 Å². The van der Waals surface area contributed by atoms with Crippen LogP contribution in [0, 0.1) is 5.82 Å². The van der Waals surface area contributed by atoms with Gasteiger partial charge >= 0.3 is 0 Å². The van der Waals surface area contributed by atoms with E-state index in [1.165, 1.54) is 17.7 Å². The van der Waals surface area contributed by atoms with Crippen molar-refractivity contribution in [3.8, 4) is 0 Å². The molecule has 24 heavy (non-hydrogen) atoms. The third-order valence-corrected chi connectivity index (χ3v) is 3.73. The fourth-order valence-corrected chi connectivity index (χ4v) is 2.52. The largest absolute Gasteiger partial charge is 0.368 e. The fourth-order valence-electron chi connectivity index (χ4n) is 2.52. The van der Waals surface area contributed by atoms with Gasteiger partial charge in [0.1, 0.15) is 11.9 Å². The van der Waals surface area contributed by atoms with Crippen molar-refractivity contribution in [1.29, 1.82) is 0 Å². The number of hydrogen-bond donors (Lipinski definition) is 2. The van der Waals surface area contributed by atoms with E-state index in [0.29, 0.717) is 12.0 Å². The first-order valence-corrected chi connectivity index (χ1v) is 7.91. The van der Waals surface area contributed by atoms with E-state index in [-0.39, 0.29) is 12.3 Å². The summed E-state index contributed by atoms with van der Waals surface area (Å²) in [5.41, 5.74) is 7.10. The third-order valence-electron chi connectivity index (χ3n) is 3.73. The van der Waals surface area contributed by atoms with Gasteiger partial charge in [0.25, 0.3) is 0 Å². The summed E-state index contributed by atoms with van der Waals surface area (Å²) in [6.45, 7) is 0. The Labute approximate surface area is 140 Å². The van der Waals surface area contributed by atoms with E-state index < -0.39 is 17.8 Å². The highest BCUT2D eigenvalue weighted by molar-refractivity contribution is 5.87. The molecule has 0 spiro atoms. The van der Waals surface area contributed by atoms with Gasteiger partial charge in [-0.25, -0.2) is 4.39 Å². The molecule has 1 atom stereocenters. The van der Waals surface area contributed by atoms with Crippen LogP contribution in [-0.2, 0) is 22.4 Å². The first kappa shape index (κ1) is 17.7. The molecule has 2 aromatic carbocycles. The predicted octanol–water partition coefficient (Wildman–Crippen LogP) is 2.36. The van der Waals surface area contributed by atoms with Crippen LogP contribution in [0.3, 0.4) is 0 Å². The number of rotatable bonds is 8. The zero-order valence-electron chi connectivity index (χ0n) is 13.4. The standard InChI is InChI=1S/C19H21FN2O2/c20-16-10-4-9-15(12-16)13-18(23)22-17(19(21)24)11-5-8-14-6-2-1-3-7-14/h1-4,6-7,9-10,12,17H,5,8,11,13H2,(H2,21,24)(H,22,23)/t17-/m0/s1. The number of amides is 2. The van der Waals surface area contributed by atoms with E-state index in [0.717, 1.165) is 12.8 Å². The Morgan fingerprint density at radius 1 is 1.04 bits per heavy atom. The monoisotopic (exact) mass is 328 g/mol. The van der Waals surface area contributed by atoms with Crippen LogP contribution in [-0.4, -0.2) is 17.9 Å². The minimum absolute atomic E-state index is 0.0141. The van der Waals surface area contributed by atoms with Crippen LogP contribution in [0.2, 0.25) is 0 Å². The highest BCUT2D eigenvalue weighted by Gasteiger charge is 2.17. The Hall–Kier alpha value is -2.69. The predicted molar refractivity (Wildman–Crippen MR) is 90.6 cm³/mol. The summed E-state index contributed by atoms with van der Waals surface area (Å²) in [5.74, 6) is -1.30. The smallest absolute Gasteiger partial charge is 0.239 e. The number of halogens is 1. The fraction of sp³-hybridized carbons (Fsp3) is 0.263. The molecule has 0 radical (unpaired) electrons. The van der Waals surface area contributed by atoms with Crippen LogP contribution >= 0.6 is 0 Å². The molecule has 3 N–H and O–H groups in total. The molecule has 4 nitrogen and oxygen atoms in total. The summed E-state index contributed by atoms with van der Waals surface area (Å²) in [7, 11) is 0. The molecule has 0 fully saturated rings. The Morgan fingerprint density at radius 2 is 1.75 bits per heavy atom. The Kier molecular flexibility index (Phi) is 6.49. The maximum Gasteiger partial charge on any atom is 0.239 e. The van der Waals surface area contributed by atoms with E-state index in [2.05, 4.69) is 5.32 Å². The van der Waals surface area contributed by atoms with Gasteiger partial charge in [0.2, 0.25) is 11.8 Å². The molecule has 0 heterocycles. The quantitative estimate of drug-likeness (QED) is 0.781. The van der Waals surface area contributed by atoms with Crippen molar-refractivity contribution >= 4 is 11.8 Å². The van der Waals surface area contributed by atoms with Crippen molar-refractivity contribution in [1.82, 2.24) is 5.32 Å². The first-order chi connectivity index (χ1) is 11.5. The minimum Gasteiger partial charge on any atom is -0.368 e. The van der Waals surface area contributed by atoms with Crippen molar-refractivity contribution < 1.29 is 14.0 Å². The molecule has 0 aliphatic rings. The number of carbonyl (C=O) groups excluding carboxylic acids is 2. The number of hydrogen-bond acceptors (Lipinski definition) is 2. The van der Waals surface area contributed by atoms with Crippen molar-refractivity contribution in [2.45, 2.75) is 31.7 Å². The molecule has 2 rings (SSSR count). The minimum atomic E-state index is -0.713. The lowest BCUT2D eigenvalue weighted by Crippen LogP contribution is -2.45. The van der Waals surface area contributed by atoms with E-state index in [4.69, 9.17) is 5.73 Å². The second kappa shape index (κ2) is 8.82. The number of primary amides is 1. The molecule has 0 aliphatic heterocycles. The molecule has 0 saturated heterocycles. The maximum atomic E-state index is 13.1. The lowest BCUT2D eigenvalue weighted by atomic mass is 10.0. The Bertz CT molecular complexity index is 689. The number of carbonyl (C=O) groups is 2. The van der Waals surface area contributed by atoms with Gasteiger partial charge in [-0.2, -0.15) is 0 Å². The topological polar surface area (TPSA) is 72.2 Å². The van der Waals surface area contributed by atoms with E-state index in [1.807, 2.05) is 30.3 Å². The number of benzene rings is 2. The van der Waals surface area contributed by atoms with Gasteiger partial charge in [-0.1, -0.05) is 42.5 Å². The number of nitrogens with one attached hydrogen (secondary N) is 1. The lowest BCUT2D eigenvalue weighted by Gasteiger charge is -2.15. The second-order valence-corrected chi connectivity index (χ2v) is 5.71. The number of nitrogens with two attached hydrogens (primary N) is 1. The average molecular weight is 328 g/mol. The number of aryl methyl sites for hydroxylation is 1. The highest BCUT2D eigenvalue weighted by atomic mass is 19.1. The zero-order valence-corrected chi connectivity index (χ0v) is 13.4. The van der Waals surface area contributed by atoms with Crippen LogP contribution in [0.1, 0.15) is 24.0 Å². The molecule has 0 bridgehead atoms. The van der Waals surface area contributed by atoms with E-state index in [9.17, 15) is 14.0 Å². The van der Waals surface area contributed by atoms with Crippen molar-refractivity contribution in [3.05, 3.63) is 71.5 Å². The summed E-state index contributed by atoms with van der Waals surface area (Å²) in [6, 6.07) is 15.0. The van der Waals surface area contributed by atoms with Gasteiger partial charge in [0, 0.05) is 0 Å². The highest BCUT2D eigenvalue weighted by Crippen LogP contribution is 2.08. The van der Waals surface area contributed by atoms with Gasteiger partial charge < -0.3 is 11.1 Å². The zero-order chi connectivity index (χ0) is 17.4. The van der Waals surface area contributed by atoms with Gasteiger partial charge in [-0.15, -0.1) is 0 Å². The maximum absolute atomic E-state index is 13.1. The lowest BCUT2D eigenvalue weighted by molar-refractivity contribution is -0.127. The Morgan fingerprint density at radius 3 is 2.42 bits per heavy atom. The molecular formula is C19H21FN2O2. The van der Waals surface area contributed by atoms with Gasteiger partial charge in [-0.05, 0) is 42.5 Å². The van der Waals surface area contributed by atoms with Crippen LogP contribution in [0.5, 0.6) is 0 Å². The molecule has 126 valence electrons. The van der Waals surface area contributed by atoms with Gasteiger partial charge in [0.15, 0.2) is 0 Å². The molecule has 0 unspecified atom stereocenters. The molecule has 5 heteroatoms. The summed E-state index contributed by atoms with van der Waals surface area (Å²) >= 11 is 0. The molecule has 0 saturated carbocycles. The van der Waals surface area contributed by atoms with Crippen LogP contribution < -0.4 is 11.1 Å². The Balaban J connectivity index is 1.84.